The van der Waals surface area contributed by atoms with Crippen molar-refractivity contribution in [3.63, 3.8) is 0 Å². The number of esters is 1. The Morgan fingerprint density at radius 2 is 1.25 bits per heavy atom. The molecule has 0 unspecified atom stereocenters. The van der Waals surface area contributed by atoms with E-state index in [-0.39, 0.29) is 6.42 Å². The Bertz CT molecular complexity index is 458. The maximum Gasteiger partial charge on any atom is 0.306 e. The van der Waals surface area contributed by atoms with Crippen molar-refractivity contribution in [1.82, 2.24) is 0 Å². The molecule has 32 heavy (non-hydrogen) atoms. The van der Waals surface area contributed by atoms with Crippen LogP contribution >= 0.6 is 0 Å². The van der Waals surface area contributed by atoms with Crippen LogP contribution in [-0.2, 0) is 19.0 Å². The SMILES string of the molecule is CCCCCCCCCCCCCCCCCC(=O)O[C@H]1[C@H](OC)O[C@H](CO)[C@@H](O)[C@@H]1O. The molecular weight excluding hydrogens is 412 g/mol. The molecule has 0 spiro atoms. The average molecular weight is 461 g/mol. The first-order valence-electron chi connectivity index (χ1n) is 12.9. The normalized spacial score (nSPS) is 25.7. The Labute approximate surface area is 194 Å². The van der Waals surface area contributed by atoms with Gasteiger partial charge in [-0.05, 0) is 6.42 Å². The molecular formula is C25H48O7. The lowest BCUT2D eigenvalue weighted by atomic mass is 9.99. The van der Waals surface area contributed by atoms with Gasteiger partial charge in [0.2, 0.25) is 0 Å². The van der Waals surface area contributed by atoms with E-state index in [1.165, 1.54) is 84.2 Å². The topological polar surface area (TPSA) is 105 Å². The minimum Gasteiger partial charge on any atom is -0.454 e. The van der Waals surface area contributed by atoms with E-state index in [2.05, 4.69) is 6.92 Å². The van der Waals surface area contributed by atoms with Crippen LogP contribution in [0.5, 0.6) is 0 Å². The van der Waals surface area contributed by atoms with Gasteiger partial charge in [0, 0.05) is 13.5 Å². The molecule has 0 amide bonds. The number of aliphatic hydroxyl groups excluding tert-OH is 3. The van der Waals surface area contributed by atoms with E-state index in [0.717, 1.165) is 19.3 Å². The van der Waals surface area contributed by atoms with Gasteiger partial charge >= 0.3 is 5.97 Å². The Kier molecular flexibility index (Phi) is 17.1. The molecule has 0 aromatic rings. The van der Waals surface area contributed by atoms with Gasteiger partial charge in [0.1, 0.15) is 18.3 Å². The smallest absolute Gasteiger partial charge is 0.306 e. The van der Waals surface area contributed by atoms with Crippen LogP contribution in [0.25, 0.3) is 0 Å². The highest BCUT2D eigenvalue weighted by Gasteiger charge is 2.46. The van der Waals surface area contributed by atoms with Gasteiger partial charge in [0.25, 0.3) is 0 Å². The molecule has 0 aromatic carbocycles. The van der Waals surface area contributed by atoms with Crippen molar-refractivity contribution in [3.8, 4) is 0 Å². The Balaban J connectivity index is 2.00. The number of carbonyl (C=O) groups excluding carboxylic acids is 1. The fourth-order valence-electron chi connectivity index (χ4n) is 4.22. The maximum atomic E-state index is 12.1. The second-order valence-electron chi connectivity index (χ2n) is 9.10. The second-order valence-corrected chi connectivity index (χ2v) is 9.10. The van der Waals surface area contributed by atoms with Crippen LogP contribution in [0, 0.1) is 0 Å². The molecule has 0 aromatic heterocycles. The highest BCUT2D eigenvalue weighted by molar-refractivity contribution is 5.69. The minimum absolute atomic E-state index is 0.261. The highest BCUT2D eigenvalue weighted by Crippen LogP contribution is 2.24. The van der Waals surface area contributed by atoms with Crippen LogP contribution in [-0.4, -0.2) is 65.7 Å². The zero-order valence-electron chi connectivity index (χ0n) is 20.4. The summed E-state index contributed by atoms with van der Waals surface area (Å²) >= 11 is 0. The summed E-state index contributed by atoms with van der Waals surface area (Å²) in [6, 6.07) is 0. The van der Waals surface area contributed by atoms with Crippen molar-refractivity contribution in [2.75, 3.05) is 13.7 Å². The van der Waals surface area contributed by atoms with E-state index in [0.29, 0.717) is 0 Å². The number of methoxy groups -OCH3 is 1. The van der Waals surface area contributed by atoms with Crippen LogP contribution in [0.2, 0.25) is 0 Å². The zero-order valence-corrected chi connectivity index (χ0v) is 20.4. The lowest BCUT2D eigenvalue weighted by molar-refractivity contribution is -0.298. The van der Waals surface area contributed by atoms with Crippen molar-refractivity contribution in [1.29, 1.82) is 0 Å². The average Bonchev–Trinajstić information content (AvgIpc) is 2.79. The van der Waals surface area contributed by atoms with E-state index in [9.17, 15) is 20.1 Å². The number of hydrogen-bond acceptors (Lipinski definition) is 7. The van der Waals surface area contributed by atoms with Gasteiger partial charge in [-0.1, -0.05) is 96.8 Å². The molecule has 0 aliphatic carbocycles. The first-order valence-corrected chi connectivity index (χ1v) is 12.9. The van der Waals surface area contributed by atoms with E-state index in [4.69, 9.17) is 14.2 Å². The number of hydrogen-bond donors (Lipinski definition) is 3. The van der Waals surface area contributed by atoms with Crippen LogP contribution in [0.4, 0.5) is 0 Å². The molecule has 7 nitrogen and oxygen atoms in total. The molecule has 1 aliphatic heterocycles. The van der Waals surface area contributed by atoms with Gasteiger partial charge in [-0.3, -0.25) is 4.79 Å². The van der Waals surface area contributed by atoms with E-state index in [1.54, 1.807) is 0 Å². The molecule has 1 saturated heterocycles. The summed E-state index contributed by atoms with van der Waals surface area (Å²) in [5.74, 6) is -0.441. The van der Waals surface area contributed by atoms with Crippen LogP contribution in [0.1, 0.15) is 110 Å². The fraction of sp³-hybridized carbons (Fsp3) is 0.960. The van der Waals surface area contributed by atoms with E-state index < -0.39 is 43.3 Å². The predicted octanol–water partition coefficient (Wildman–Crippen LogP) is 4.25. The van der Waals surface area contributed by atoms with Gasteiger partial charge < -0.3 is 29.5 Å². The lowest BCUT2D eigenvalue weighted by Gasteiger charge is -2.40. The number of ether oxygens (including phenoxy) is 3. The summed E-state index contributed by atoms with van der Waals surface area (Å²) in [7, 11) is 1.36. The van der Waals surface area contributed by atoms with Crippen LogP contribution in [0.3, 0.4) is 0 Å². The van der Waals surface area contributed by atoms with Crippen molar-refractivity contribution in [3.05, 3.63) is 0 Å². The van der Waals surface area contributed by atoms with Gasteiger partial charge in [-0.15, -0.1) is 0 Å². The van der Waals surface area contributed by atoms with E-state index in [1.807, 2.05) is 0 Å². The zero-order chi connectivity index (χ0) is 23.6. The summed E-state index contributed by atoms with van der Waals surface area (Å²) in [6.45, 7) is 1.80. The van der Waals surface area contributed by atoms with Gasteiger partial charge in [0.15, 0.2) is 12.4 Å². The molecule has 7 heteroatoms. The Morgan fingerprint density at radius 3 is 1.69 bits per heavy atom. The molecule has 190 valence electrons. The third-order valence-corrected chi connectivity index (χ3v) is 6.31. The predicted molar refractivity (Wildman–Crippen MR) is 124 cm³/mol. The van der Waals surface area contributed by atoms with Crippen molar-refractivity contribution >= 4 is 5.97 Å². The standard InChI is InChI=1S/C25H48O7/c1-3-4-5-6-7-8-9-10-11-12-13-14-15-16-17-18-21(27)32-24-23(29)22(28)20(19-26)31-25(24)30-2/h20,22-26,28-29H,3-19H2,1-2H3/t20-,22-,23+,24-,25-/m1/s1. The highest BCUT2D eigenvalue weighted by atomic mass is 16.7. The molecule has 1 rings (SSSR count). The summed E-state index contributed by atoms with van der Waals surface area (Å²) in [5, 5.41) is 29.4. The Morgan fingerprint density at radius 1 is 0.781 bits per heavy atom. The largest absolute Gasteiger partial charge is 0.454 e. The molecule has 3 N–H and O–H groups in total. The first-order chi connectivity index (χ1) is 15.5. The summed E-state index contributed by atoms with van der Waals surface area (Å²) in [5.41, 5.74) is 0. The summed E-state index contributed by atoms with van der Waals surface area (Å²) in [4.78, 5) is 12.1. The van der Waals surface area contributed by atoms with Crippen molar-refractivity contribution in [2.45, 2.75) is 140 Å². The lowest BCUT2D eigenvalue weighted by Crippen LogP contribution is -2.60. The third kappa shape index (κ3) is 11.9. The number of unbranched alkanes of at least 4 members (excludes halogenated alkanes) is 14. The molecule has 0 saturated carbocycles. The molecule has 0 radical (unpaired) electrons. The molecule has 5 atom stereocenters. The third-order valence-electron chi connectivity index (χ3n) is 6.31. The van der Waals surface area contributed by atoms with Crippen LogP contribution < -0.4 is 0 Å². The fourth-order valence-corrected chi connectivity index (χ4v) is 4.22. The van der Waals surface area contributed by atoms with E-state index >= 15 is 0 Å². The quantitative estimate of drug-likeness (QED) is 0.195. The van der Waals surface area contributed by atoms with Gasteiger partial charge in [0.05, 0.1) is 6.61 Å². The second kappa shape index (κ2) is 18.7. The summed E-state index contributed by atoms with van der Waals surface area (Å²) in [6.07, 6.45) is 13.3. The molecule has 0 bridgehead atoms. The Hall–Kier alpha value is -0.730. The number of carbonyl (C=O) groups is 1. The summed E-state index contributed by atoms with van der Waals surface area (Å²) < 4.78 is 15.8. The molecule has 1 heterocycles. The molecule has 1 fully saturated rings. The number of aliphatic hydroxyl groups is 3. The monoisotopic (exact) mass is 460 g/mol. The van der Waals surface area contributed by atoms with Crippen LogP contribution in [0.15, 0.2) is 0 Å². The maximum absolute atomic E-state index is 12.1. The molecule has 1 aliphatic rings. The van der Waals surface area contributed by atoms with Gasteiger partial charge in [-0.2, -0.15) is 0 Å². The van der Waals surface area contributed by atoms with Crippen molar-refractivity contribution < 1.29 is 34.3 Å². The number of rotatable bonds is 19. The van der Waals surface area contributed by atoms with Gasteiger partial charge in [-0.25, -0.2) is 0 Å². The van der Waals surface area contributed by atoms with Crippen molar-refractivity contribution in [2.24, 2.45) is 0 Å². The first kappa shape index (κ1) is 29.3. The minimum atomic E-state index is -1.36.